The Labute approximate surface area is 159 Å². The minimum absolute atomic E-state index is 0.142. The van der Waals surface area contributed by atoms with Gasteiger partial charge >= 0.3 is 0 Å². The van der Waals surface area contributed by atoms with Gasteiger partial charge < -0.3 is 10.1 Å². The van der Waals surface area contributed by atoms with E-state index in [9.17, 15) is 13.6 Å². The number of nitrogens with one attached hydrogen (secondary N) is 1. The first-order valence-electron chi connectivity index (χ1n) is 8.35. The Hall–Kier alpha value is -1.83. The van der Waals surface area contributed by atoms with Crippen LogP contribution in [0, 0.1) is 11.6 Å². The molecule has 26 heavy (non-hydrogen) atoms. The van der Waals surface area contributed by atoms with Gasteiger partial charge in [0, 0.05) is 30.5 Å². The van der Waals surface area contributed by atoms with Crippen molar-refractivity contribution in [2.45, 2.75) is 12.5 Å². The summed E-state index contributed by atoms with van der Waals surface area (Å²) in [6, 6.07) is 10.8. The van der Waals surface area contributed by atoms with E-state index in [-0.39, 0.29) is 29.9 Å². The Morgan fingerprint density at radius 2 is 2.00 bits per heavy atom. The van der Waals surface area contributed by atoms with E-state index in [1.165, 1.54) is 24.3 Å². The molecule has 7 heteroatoms. The molecule has 1 aliphatic heterocycles. The van der Waals surface area contributed by atoms with Crippen LogP contribution in [-0.2, 0) is 9.53 Å². The summed E-state index contributed by atoms with van der Waals surface area (Å²) in [5.74, 6) is -0.996. The minimum Gasteiger partial charge on any atom is -0.371 e. The average molecular weight is 425 g/mol. The number of carbonyl (C=O) groups excluding carboxylic acids is 1. The highest BCUT2D eigenvalue weighted by Gasteiger charge is 2.22. The van der Waals surface area contributed by atoms with Crippen molar-refractivity contribution in [2.75, 3.05) is 31.6 Å². The van der Waals surface area contributed by atoms with E-state index in [1.807, 2.05) is 0 Å². The van der Waals surface area contributed by atoms with E-state index in [2.05, 4.69) is 26.1 Å². The monoisotopic (exact) mass is 424 g/mol. The molecule has 0 unspecified atom stereocenters. The second-order valence-corrected chi connectivity index (χ2v) is 7.05. The van der Waals surface area contributed by atoms with Gasteiger partial charge in [0.05, 0.1) is 18.4 Å². The number of ether oxygens (including phenoxy) is 1. The number of benzene rings is 2. The van der Waals surface area contributed by atoms with E-state index < -0.39 is 5.82 Å². The number of halogens is 3. The van der Waals surface area contributed by atoms with Crippen molar-refractivity contribution in [1.82, 2.24) is 4.90 Å². The third-order valence-corrected chi connectivity index (χ3v) is 4.75. The van der Waals surface area contributed by atoms with Crippen molar-refractivity contribution in [3.8, 4) is 0 Å². The van der Waals surface area contributed by atoms with Gasteiger partial charge in [0.2, 0.25) is 5.91 Å². The van der Waals surface area contributed by atoms with Crippen molar-refractivity contribution >= 4 is 27.5 Å². The average Bonchev–Trinajstić information content (AvgIpc) is 2.63. The molecule has 1 N–H and O–H groups in total. The third-order valence-electron chi connectivity index (χ3n) is 4.25. The number of anilines is 1. The van der Waals surface area contributed by atoms with Gasteiger partial charge in [0.1, 0.15) is 11.6 Å². The zero-order valence-corrected chi connectivity index (χ0v) is 15.6. The molecule has 1 fully saturated rings. The summed E-state index contributed by atoms with van der Waals surface area (Å²) >= 11 is 3.18. The minimum atomic E-state index is -0.476. The number of hydrogen-bond donors (Lipinski definition) is 1. The van der Waals surface area contributed by atoms with E-state index in [0.29, 0.717) is 24.2 Å². The Morgan fingerprint density at radius 3 is 2.73 bits per heavy atom. The molecule has 3 rings (SSSR count). The summed E-state index contributed by atoms with van der Waals surface area (Å²) in [5.41, 5.74) is 1.09. The molecule has 0 radical (unpaired) electrons. The molecule has 0 spiro atoms. The Kier molecular flexibility index (Phi) is 6.34. The lowest BCUT2D eigenvalue weighted by atomic mass is 10.1. The van der Waals surface area contributed by atoms with Gasteiger partial charge in [-0.05, 0) is 35.9 Å². The van der Waals surface area contributed by atoms with Crippen molar-refractivity contribution < 1.29 is 18.3 Å². The molecule has 138 valence electrons. The Morgan fingerprint density at radius 1 is 1.23 bits per heavy atom. The number of nitrogens with zero attached hydrogens (tertiary/aromatic N) is 1. The summed E-state index contributed by atoms with van der Waals surface area (Å²) in [5, 5.41) is 2.59. The quantitative estimate of drug-likeness (QED) is 0.784. The maximum atomic E-state index is 13.8. The van der Waals surface area contributed by atoms with E-state index >= 15 is 0 Å². The summed E-state index contributed by atoms with van der Waals surface area (Å²) < 4.78 is 33.2. The molecule has 0 aliphatic carbocycles. The van der Waals surface area contributed by atoms with Crippen LogP contribution in [0.5, 0.6) is 0 Å². The summed E-state index contributed by atoms with van der Waals surface area (Å²) in [4.78, 5) is 14.2. The van der Waals surface area contributed by atoms with Crippen molar-refractivity contribution in [2.24, 2.45) is 0 Å². The van der Waals surface area contributed by atoms with Crippen LogP contribution in [0.3, 0.4) is 0 Å². The molecule has 0 saturated carbocycles. The van der Waals surface area contributed by atoms with Crippen LogP contribution in [0.15, 0.2) is 46.9 Å². The van der Waals surface area contributed by atoms with Crippen LogP contribution in [-0.4, -0.2) is 37.0 Å². The maximum Gasteiger partial charge on any atom is 0.225 e. The standard InChI is InChI=1S/C19H19BrF2N2O2/c20-14-3-6-17(16(22)11-14)23-19(25)7-8-24-9-10-26-18(12-24)13-1-4-15(21)5-2-13/h1-6,11,18H,7-10,12H2,(H,23,25)/t18-/m0/s1. The molecule has 1 amide bonds. The molecule has 0 aromatic heterocycles. The van der Waals surface area contributed by atoms with E-state index in [1.54, 1.807) is 18.2 Å². The zero-order chi connectivity index (χ0) is 18.5. The SMILES string of the molecule is O=C(CCN1CCO[C@H](c2ccc(F)cc2)C1)Nc1ccc(Br)cc1F. The number of carbonyl (C=O) groups is 1. The highest BCUT2D eigenvalue weighted by molar-refractivity contribution is 9.10. The molecular weight excluding hydrogens is 406 g/mol. The van der Waals surface area contributed by atoms with Crippen LogP contribution in [0.2, 0.25) is 0 Å². The predicted molar refractivity (Wildman–Crippen MR) is 98.9 cm³/mol. The van der Waals surface area contributed by atoms with Gasteiger partial charge in [-0.2, -0.15) is 0 Å². The highest BCUT2D eigenvalue weighted by Crippen LogP contribution is 2.23. The molecule has 1 atom stereocenters. The molecule has 1 saturated heterocycles. The lowest BCUT2D eigenvalue weighted by Gasteiger charge is -2.33. The van der Waals surface area contributed by atoms with Gasteiger partial charge in [-0.25, -0.2) is 8.78 Å². The first kappa shape index (κ1) is 18.9. The summed E-state index contributed by atoms with van der Waals surface area (Å²) in [7, 11) is 0. The van der Waals surface area contributed by atoms with E-state index in [4.69, 9.17) is 4.74 Å². The van der Waals surface area contributed by atoms with Crippen LogP contribution in [0.4, 0.5) is 14.5 Å². The van der Waals surface area contributed by atoms with E-state index in [0.717, 1.165) is 12.1 Å². The van der Waals surface area contributed by atoms with Crippen LogP contribution in [0.1, 0.15) is 18.1 Å². The largest absolute Gasteiger partial charge is 0.371 e. The fraction of sp³-hybridized carbons (Fsp3) is 0.316. The first-order valence-corrected chi connectivity index (χ1v) is 9.15. The fourth-order valence-corrected chi connectivity index (χ4v) is 3.18. The molecule has 2 aromatic rings. The van der Waals surface area contributed by atoms with Crippen LogP contribution < -0.4 is 5.32 Å². The van der Waals surface area contributed by atoms with Gasteiger partial charge in [0.15, 0.2) is 0 Å². The number of morpholine rings is 1. The molecule has 1 aliphatic rings. The molecule has 0 bridgehead atoms. The normalized spacial score (nSPS) is 17.9. The number of amides is 1. The van der Waals surface area contributed by atoms with Gasteiger partial charge in [-0.1, -0.05) is 28.1 Å². The molecule has 4 nitrogen and oxygen atoms in total. The van der Waals surface area contributed by atoms with Crippen molar-refractivity contribution in [1.29, 1.82) is 0 Å². The number of hydrogen-bond acceptors (Lipinski definition) is 3. The lowest BCUT2D eigenvalue weighted by Crippen LogP contribution is -2.39. The number of rotatable bonds is 5. The second kappa shape index (κ2) is 8.70. The van der Waals surface area contributed by atoms with Crippen LogP contribution >= 0.6 is 15.9 Å². The molecular formula is C19H19BrF2N2O2. The van der Waals surface area contributed by atoms with Crippen molar-refractivity contribution in [3.05, 3.63) is 64.1 Å². The zero-order valence-electron chi connectivity index (χ0n) is 14.1. The predicted octanol–water partition coefficient (Wildman–Crippen LogP) is 4.13. The Bertz CT molecular complexity index is 771. The molecule has 2 aromatic carbocycles. The smallest absolute Gasteiger partial charge is 0.225 e. The summed E-state index contributed by atoms with van der Waals surface area (Å²) in [6.45, 7) is 2.44. The fourth-order valence-electron chi connectivity index (χ4n) is 2.85. The topological polar surface area (TPSA) is 41.6 Å². The highest BCUT2D eigenvalue weighted by atomic mass is 79.9. The lowest BCUT2D eigenvalue weighted by molar-refractivity contribution is -0.117. The van der Waals surface area contributed by atoms with Gasteiger partial charge in [0.25, 0.3) is 0 Å². The summed E-state index contributed by atoms with van der Waals surface area (Å²) in [6.07, 6.45) is 0.113. The van der Waals surface area contributed by atoms with Crippen molar-refractivity contribution in [3.63, 3.8) is 0 Å². The third kappa shape index (κ3) is 5.09. The second-order valence-electron chi connectivity index (χ2n) is 6.13. The maximum absolute atomic E-state index is 13.8. The molecule has 1 heterocycles. The Balaban J connectivity index is 1.50. The van der Waals surface area contributed by atoms with Gasteiger partial charge in [-0.15, -0.1) is 0 Å². The van der Waals surface area contributed by atoms with Gasteiger partial charge in [-0.3, -0.25) is 9.69 Å². The first-order chi connectivity index (χ1) is 12.5. The van der Waals surface area contributed by atoms with Crippen LogP contribution in [0.25, 0.3) is 0 Å².